The number of aliphatic carboxylic acids is 1. The number of anilines is 1. The van der Waals surface area contributed by atoms with Gasteiger partial charge in [0.15, 0.2) is 0 Å². The zero-order chi connectivity index (χ0) is 34.0. The highest BCUT2D eigenvalue weighted by molar-refractivity contribution is 5.73. The van der Waals surface area contributed by atoms with Gasteiger partial charge in [0.1, 0.15) is 0 Å². The number of carbonyl (C=O) groups excluding carboxylic acids is 1. The number of carboxylic acids is 1. The van der Waals surface area contributed by atoms with Crippen LogP contribution in [0.5, 0.6) is 0 Å². The van der Waals surface area contributed by atoms with Gasteiger partial charge < -0.3 is 19.6 Å². The highest BCUT2D eigenvalue weighted by Gasteiger charge is 2.41. The lowest BCUT2D eigenvalue weighted by Crippen LogP contribution is -2.40. The smallest absolute Gasteiger partial charge is 0.416 e. The predicted molar refractivity (Wildman–Crippen MR) is 153 cm³/mol. The summed E-state index contributed by atoms with van der Waals surface area (Å²) in [4.78, 5) is 36.2. The third-order valence-electron chi connectivity index (χ3n) is 8.00. The number of hydrogen-bond donors (Lipinski definition) is 1. The summed E-state index contributed by atoms with van der Waals surface area (Å²) in [7, 11) is 1.72. The summed E-state index contributed by atoms with van der Waals surface area (Å²) in [6, 6.07) is 0.401. The van der Waals surface area contributed by atoms with Gasteiger partial charge in [-0.2, -0.15) is 31.4 Å². The van der Waals surface area contributed by atoms with Crippen molar-refractivity contribution in [1.29, 1.82) is 0 Å². The first kappa shape index (κ1) is 34.5. The molecule has 1 amide bonds. The van der Waals surface area contributed by atoms with E-state index in [9.17, 15) is 41.0 Å². The minimum absolute atomic E-state index is 0.0124. The number of likely N-dealkylation sites (tertiary alicyclic amines) is 1. The Morgan fingerprint density at radius 2 is 1.61 bits per heavy atom. The molecule has 16 heteroatoms. The Bertz CT molecular complexity index is 1510. The number of aromatic nitrogens is 4. The summed E-state index contributed by atoms with van der Waals surface area (Å²) >= 11 is 0. The SMILES string of the molecule is CCC1CC(N(Cc2cc(C(F)(F)F)cc(C(F)(F)F)c2)c2ncc(-c3cnn(C)c3)cn2)CN1C(=O)OCCC(C)(C)C(=O)O. The number of nitrogens with zero attached hydrogens (tertiary/aromatic N) is 6. The van der Waals surface area contributed by atoms with E-state index in [2.05, 4.69) is 15.1 Å². The van der Waals surface area contributed by atoms with Gasteiger partial charge in [-0.3, -0.25) is 9.48 Å². The van der Waals surface area contributed by atoms with Crippen LogP contribution in [0.25, 0.3) is 11.1 Å². The average Bonchev–Trinajstić information content (AvgIpc) is 3.61. The van der Waals surface area contributed by atoms with Crippen LogP contribution in [-0.4, -0.2) is 67.1 Å². The van der Waals surface area contributed by atoms with Crippen LogP contribution in [0.1, 0.15) is 56.7 Å². The molecule has 0 bridgehead atoms. The van der Waals surface area contributed by atoms with Gasteiger partial charge >= 0.3 is 24.4 Å². The maximum Gasteiger partial charge on any atom is 0.416 e. The minimum atomic E-state index is -5.03. The lowest BCUT2D eigenvalue weighted by Gasteiger charge is -2.30. The zero-order valence-corrected chi connectivity index (χ0v) is 25.6. The first-order valence-electron chi connectivity index (χ1n) is 14.4. The Hall–Kier alpha value is -4.37. The van der Waals surface area contributed by atoms with E-state index in [4.69, 9.17) is 4.74 Å². The van der Waals surface area contributed by atoms with Gasteiger partial charge in [-0.05, 0) is 56.9 Å². The molecule has 0 radical (unpaired) electrons. The predicted octanol–water partition coefficient (Wildman–Crippen LogP) is 6.41. The molecule has 3 heterocycles. The van der Waals surface area contributed by atoms with Crippen molar-refractivity contribution in [2.75, 3.05) is 18.1 Å². The van der Waals surface area contributed by atoms with Crippen molar-refractivity contribution >= 4 is 18.0 Å². The highest BCUT2D eigenvalue weighted by atomic mass is 19.4. The second-order valence-corrected chi connectivity index (χ2v) is 11.9. The van der Waals surface area contributed by atoms with Gasteiger partial charge in [-0.1, -0.05) is 6.92 Å². The van der Waals surface area contributed by atoms with Gasteiger partial charge in [-0.25, -0.2) is 14.8 Å². The maximum absolute atomic E-state index is 13.7. The van der Waals surface area contributed by atoms with E-state index in [1.165, 1.54) is 36.0 Å². The van der Waals surface area contributed by atoms with Crippen molar-refractivity contribution < 1.29 is 45.8 Å². The number of alkyl halides is 6. The van der Waals surface area contributed by atoms with Crippen LogP contribution >= 0.6 is 0 Å². The summed E-state index contributed by atoms with van der Waals surface area (Å²) in [5, 5.41) is 13.4. The van der Waals surface area contributed by atoms with Gasteiger partial charge in [0.05, 0.1) is 35.4 Å². The fourth-order valence-electron chi connectivity index (χ4n) is 5.17. The van der Waals surface area contributed by atoms with E-state index in [0.29, 0.717) is 36.1 Å². The van der Waals surface area contributed by atoms with E-state index < -0.39 is 53.5 Å². The number of carboxylic acid groups (broad SMARTS) is 1. The van der Waals surface area contributed by atoms with E-state index in [1.54, 1.807) is 24.1 Å². The molecule has 2 atom stereocenters. The number of carbonyl (C=O) groups is 2. The molecule has 1 aliphatic heterocycles. The second-order valence-electron chi connectivity index (χ2n) is 11.9. The van der Waals surface area contributed by atoms with E-state index in [1.807, 2.05) is 6.92 Å². The summed E-state index contributed by atoms with van der Waals surface area (Å²) in [6.07, 6.45) is -3.68. The molecule has 1 N–H and O–H groups in total. The third-order valence-corrected chi connectivity index (χ3v) is 8.00. The Balaban J connectivity index is 1.66. The topological polar surface area (TPSA) is 114 Å². The minimum Gasteiger partial charge on any atom is -0.481 e. The number of amides is 1. The van der Waals surface area contributed by atoms with Crippen molar-refractivity contribution in [2.24, 2.45) is 12.5 Å². The largest absolute Gasteiger partial charge is 0.481 e. The maximum atomic E-state index is 13.7. The molecule has 46 heavy (non-hydrogen) atoms. The van der Waals surface area contributed by atoms with Gasteiger partial charge in [0.25, 0.3) is 0 Å². The van der Waals surface area contributed by atoms with Crippen molar-refractivity contribution in [3.63, 3.8) is 0 Å². The number of halogens is 6. The Morgan fingerprint density at radius 1 is 1.00 bits per heavy atom. The number of aryl methyl sites for hydroxylation is 1. The molecule has 0 aliphatic carbocycles. The van der Waals surface area contributed by atoms with Crippen LogP contribution in [0.4, 0.5) is 37.1 Å². The molecule has 3 aromatic rings. The van der Waals surface area contributed by atoms with Crippen molar-refractivity contribution in [3.8, 4) is 11.1 Å². The molecule has 2 aromatic heterocycles. The number of rotatable bonds is 10. The number of benzene rings is 1. The normalized spacial score (nSPS) is 17.3. The molecular weight excluding hydrogens is 622 g/mol. The Morgan fingerprint density at radius 3 is 2.11 bits per heavy atom. The number of hydrogen-bond acceptors (Lipinski definition) is 7. The first-order chi connectivity index (χ1) is 21.4. The van der Waals surface area contributed by atoms with Crippen molar-refractivity contribution in [3.05, 3.63) is 59.7 Å². The molecule has 10 nitrogen and oxygen atoms in total. The van der Waals surface area contributed by atoms with Gasteiger partial charge in [-0.15, -0.1) is 0 Å². The van der Waals surface area contributed by atoms with Crippen LogP contribution in [0.3, 0.4) is 0 Å². The van der Waals surface area contributed by atoms with Crippen molar-refractivity contribution in [2.45, 2.75) is 71.0 Å². The molecule has 1 saturated heterocycles. The summed E-state index contributed by atoms with van der Waals surface area (Å²) in [5.74, 6) is -1.01. The molecule has 2 unspecified atom stereocenters. The molecule has 4 rings (SSSR count). The molecule has 0 spiro atoms. The molecule has 0 saturated carbocycles. The van der Waals surface area contributed by atoms with Gasteiger partial charge in [0, 0.05) is 55.9 Å². The summed E-state index contributed by atoms with van der Waals surface area (Å²) in [6.45, 7) is 4.25. The molecule has 1 aliphatic rings. The molecule has 1 aromatic carbocycles. The standard InChI is InChI=1S/C30H34F6N6O4/c1-5-23-11-24(17-42(23)27(45)46-7-6-28(2,3)25(43)44)41(26-37-12-19(13-38-26)20-14-39-40(4)16-20)15-18-8-21(29(31,32)33)10-22(9-18)30(34,35)36/h8-10,12-14,16,23-24H,5-7,11,15,17H2,1-4H3,(H,43,44). The van der Waals surface area contributed by atoms with Crippen LogP contribution in [-0.2, 0) is 35.5 Å². The van der Waals surface area contributed by atoms with Crippen LogP contribution in [0.2, 0.25) is 0 Å². The molecular formula is C30H34F6N6O4. The van der Waals surface area contributed by atoms with E-state index in [0.717, 1.165) is 0 Å². The number of ether oxygens (including phenoxy) is 1. The van der Waals surface area contributed by atoms with Crippen LogP contribution < -0.4 is 4.90 Å². The lowest BCUT2D eigenvalue weighted by molar-refractivity contribution is -0.148. The van der Waals surface area contributed by atoms with Gasteiger partial charge in [0.2, 0.25) is 5.95 Å². The third kappa shape index (κ3) is 8.07. The Kier molecular flexibility index (Phi) is 9.87. The molecule has 1 fully saturated rings. The summed E-state index contributed by atoms with van der Waals surface area (Å²) in [5.41, 5.74) is -3.02. The summed E-state index contributed by atoms with van der Waals surface area (Å²) < 4.78 is 88.9. The average molecular weight is 657 g/mol. The fraction of sp³-hybridized carbons (Fsp3) is 0.500. The highest BCUT2D eigenvalue weighted by Crippen LogP contribution is 2.37. The second kappa shape index (κ2) is 13.2. The Labute approximate surface area is 261 Å². The zero-order valence-electron chi connectivity index (χ0n) is 25.6. The van der Waals surface area contributed by atoms with Crippen LogP contribution in [0.15, 0.2) is 43.0 Å². The monoisotopic (exact) mass is 656 g/mol. The lowest BCUT2D eigenvalue weighted by atomic mass is 9.90. The van der Waals surface area contributed by atoms with Crippen LogP contribution in [0, 0.1) is 5.41 Å². The quantitative estimate of drug-likeness (QED) is 0.249. The first-order valence-corrected chi connectivity index (χ1v) is 14.4. The van der Waals surface area contributed by atoms with Crippen molar-refractivity contribution in [1.82, 2.24) is 24.6 Å². The van der Waals surface area contributed by atoms with E-state index in [-0.39, 0.29) is 43.2 Å². The fourth-order valence-corrected chi connectivity index (χ4v) is 5.17. The van der Waals surface area contributed by atoms with E-state index >= 15 is 0 Å². The molecule has 250 valence electrons.